The Morgan fingerprint density at radius 2 is 1.63 bits per heavy atom. The third-order valence-corrected chi connectivity index (χ3v) is 7.99. The predicted molar refractivity (Wildman–Crippen MR) is 149 cm³/mol. The van der Waals surface area contributed by atoms with E-state index < -0.39 is 0 Å². The highest BCUT2D eigenvalue weighted by Crippen LogP contribution is 2.29. The number of benzene rings is 2. The van der Waals surface area contributed by atoms with Gasteiger partial charge in [0.05, 0.1) is 5.69 Å². The van der Waals surface area contributed by atoms with Crippen LogP contribution in [0.2, 0.25) is 0 Å². The molecule has 2 aliphatic rings. The van der Waals surface area contributed by atoms with Gasteiger partial charge in [-0.1, -0.05) is 18.2 Å². The molecule has 2 aromatic heterocycles. The lowest BCUT2D eigenvalue weighted by Crippen LogP contribution is -2.39. The summed E-state index contributed by atoms with van der Waals surface area (Å²) in [6, 6.07) is 17.2. The van der Waals surface area contributed by atoms with Gasteiger partial charge in [-0.25, -0.2) is 14.8 Å². The number of fused-ring (bicyclic) bond motifs is 1. The molecule has 0 amide bonds. The highest BCUT2D eigenvalue weighted by atomic mass is 16.5. The van der Waals surface area contributed by atoms with Gasteiger partial charge in [0.2, 0.25) is 0 Å². The first-order chi connectivity index (χ1) is 18.7. The Labute approximate surface area is 222 Å². The summed E-state index contributed by atoms with van der Waals surface area (Å²) in [6.45, 7) is 5.41. The number of imidazole rings is 1. The van der Waals surface area contributed by atoms with Gasteiger partial charge in [0.1, 0.15) is 23.3 Å². The van der Waals surface area contributed by atoms with Gasteiger partial charge in [-0.2, -0.15) is 0 Å². The maximum Gasteiger partial charge on any atom is 0.335 e. The smallest absolute Gasteiger partial charge is 0.335 e. The van der Waals surface area contributed by atoms with Crippen molar-refractivity contribution in [2.24, 2.45) is 5.92 Å². The van der Waals surface area contributed by atoms with Crippen molar-refractivity contribution in [3.05, 3.63) is 71.4 Å². The maximum atomic E-state index is 13.9. The molecule has 0 unspecified atom stereocenters. The fourth-order valence-electron chi connectivity index (χ4n) is 5.86. The zero-order chi connectivity index (χ0) is 25.9. The summed E-state index contributed by atoms with van der Waals surface area (Å²) in [5.41, 5.74) is 8.05. The first-order valence-corrected chi connectivity index (χ1v) is 13.7. The number of para-hydroxylation sites is 1. The average Bonchev–Trinajstić information content (AvgIpc) is 3.26. The highest BCUT2D eigenvalue weighted by Gasteiger charge is 2.28. The van der Waals surface area contributed by atoms with Gasteiger partial charge in [0, 0.05) is 19.1 Å². The van der Waals surface area contributed by atoms with E-state index in [4.69, 9.17) is 10.5 Å². The number of likely N-dealkylation sites (tertiary alicyclic amines) is 1. The molecule has 38 heavy (non-hydrogen) atoms. The standard InChI is InChI=1S/C29H35N7O2/c30-27-26-28(33-20-32-27)36(23-13-18-34(19-14-23)17-12-21-10-15-31-16-11-21)29(37)35(26)22-6-8-25(9-7-22)38-24-4-2-1-3-5-24/h1-9,20-21,23,31H,10-19H2,(H2,30,32,33). The van der Waals surface area contributed by atoms with Gasteiger partial charge in [0.25, 0.3) is 0 Å². The van der Waals surface area contributed by atoms with Crippen molar-refractivity contribution in [1.29, 1.82) is 0 Å². The molecule has 0 atom stereocenters. The molecule has 0 radical (unpaired) electrons. The van der Waals surface area contributed by atoms with E-state index in [0.29, 0.717) is 28.4 Å². The Bertz CT molecular complexity index is 1420. The first-order valence-electron chi connectivity index (χ1n) is 13.7. The lowest BCUT2D eigenvalue weighted by Gasteiger charge is -2.33. The number of ether oxygens (including phenoxy) is 1. The third kappa shape index (κ3) is 5.04. The van der Waals surface area contributed by atoms with Crippen LogP contribution < -0.4 is 21.5 Å². The quantitative estimate of drug-likeness (QED) is 0.385. The summed E-state index contributed by atoms with van der Waals surface area (Å²) in [5, 5.41) is 3.45. The summed E-state index contributed by atoms with van der Waals surface area (Å²) in [7, 11) is 0. The van der Waals surface area contributed by atoms with Crippen molar-refractivity contribution in [2.45, 2.75) is 38.1 Å². The number of piperidine rings is 2. The van der Waals surface area contributed by atoms with E-state index >= 15 is 0 Å². The number of rotatable bonds is 7. The Hall–Kier alpha value is -3.69. The van der Waals surface area contributed by atoms with E-state index in [-0.39, 0.29) is 11.7 Å². The largest absolute Gasteiger partial charge is 0.457 e. The summed E-state index contributed by atoms with van der Waals surface area (Å²) < 4.78 is 9.41. The number of hydrogen-bond donors (Lipinski definition) is 2. The van der Waals surface area contributed by atoms with Crippen molar-refractivity contribution >= 4 is 17.0 Å². The molecule has 6 rings (SSSR count). The lowest BCUT2D eigenvalue weighted by atomic mass is 9.94. The van der Waals surface area contributed by atoms with Crippen LogP contribution in [-0.2, 0) is 0 Å². The van der Waals surface area contributed by atoms with Crippen molar-refractivity contribution in [3.63, 3.8) is 0 Å². The molecule has 2 aromatic carbocycles. The minimum Gasteiger partial charge on any atom is -0.457 e. The molecular formula is C29H35N7O2. The number of nitrogens with two attached hydrogens (primary N) is 1. The molecule has 9 heteroatoms. The number of aromatic nitrogens is 4. The molecule has 0 spiro atoms. The van der Waals surface area contributed by atoms with Gasteiger partial charge < -0.3 is 20.7 Å². The van der Waals surface area contributed by atoms with Crippen molar-refractivity contribution in [2.75, 3.05) is 38.5 Å². The van der Waals surface area contributed by atoms with Crippen LogP contribution >= 0.6 is 0 Å². The Morgan fingerprint density at radius 3 is 2.37 bits per heavy atom. The molecule has 0 bridgehead atoms. The zero-order valence-electron chi connectivity index (χ0n) is 21.6. The molecule has 9 nitrogen and oxygen atoms in total. The summed E-state index contributed by atoms with van der Waals surface area (Å²) in [6.07, 6.45) is 7.11. The molecule has 3 N–H and O–H groups in total. The second-order valence-electron chi connectivity index (χ2n) is 10.4. The van der Waals surface area contributed by atoms with Crippen LogP contribution in [0, 0.1) is 5.92 Å². The molecule has 0 aliphatic carbocycles. The topological polar surface area (TPSA) is 103 Å². The predicted octanol–water partition coefficient (Wildman–Crippen LogP) is 3.98. The molecular weight excluding hydrogens is 478 g/mol. The minimum atomic E-state index is -0.128. The van der Waals surface area contributed by atoms with Crippen LogP contribution in [0.15, 0.2) is 65.7 Å². The summed E-state index contributed by atoms with van der Waals surface area (Å²) in [5.74, 6) is 2.58. The molecule has 0 saturated carbocycles. The molecule has 4 aromatic rings. The van der Waals surface area contributed by atoms with Crippen LogP contribution in [0.5, 0.6) is 11.5 Å². The fraction of sp³-hybridized carbons (Fsp3) is 0.414. The SMILES string of the molecule is Nc1ncnc2c1n(-c1ccc(Oc3ccccc3)cc1)c(=O)n2C1CCN(CCC2CCNCC2)CC1. The third-order valence-electron chi connectivity index (χ3n) is 7.99. The van der Waals surface area contributed by atoms with Crippen LogP contribution in [0.3, 0.4) is 0 Å². The second-order valence-corrected chi connectivity index (χ2v) is 10.4. The van der Waals surface area contributed by atoms with Crippen molar-refractivity contribution in [3.8, 4) is 17.2 Å². The van der Waals surface area contributed by atoms with Crippen LogP contribution in [0.1, 0.15) is 38.1 Å². The Balaban J connectivity index is 1.22. The van der Waals surface area contributed by atoms with Crippen LogP contribution in [-0.4, -0.2) is 56.7 Å². The monoisotopic (exact) mass is 513 g/mol. The second kappa shape index (κ2) is 11.0. The van der Waals surface area contributed by atoms with E-state index in [9.17, 15) is 4.79 Å². The van der Waals surface area contributed by atoms with Crippen LogP contribution in [0.4, 0.5) is 5.82 Å². The van der Waals surface area contributed by atoms with Gasteiger partial charge >= 0.3 is 5.69 Å². The van der Waals surface area contributed by atoms with E-state index in [1.54, 1.807) is 4.57 Å². The van der Waals surface area contributed by atoms with E-state index in [0.717, 1.165) is 57.2 Å². The zero-order valence-corrected chi connectivity index (χ0v) is 21.6. The molecule has 2 fully saturated rings. The van der Waals surface area contributed by atoms with Crippen LogP contribution in [0.25, 0.3) is 16.9 Å². The molecule has 4 heterocycles. The minimum absolute atomic E-state index is 0.0800. The number of nitrogen functional groups attached to an aromatic ring is 1. The maximum absolute atomic E-state index is 13.9. The van der Waals surface area contributed by atoms with Crippen molar-refractivity contribution in [1.82, 2.24) is 29.3 Å². The summed E-state index contributed by atoms with van der Waals surface area (Å²) in [4.78, 5) is 25.2. The average molecular weight is 514 g/mol. The summed E-state index contributed by atoms with van der Waals surface area (Å²) >= 11 is 0. The number of anilines is 1. The van der Waals surface area contributed by atoms with E-state index in [1.807, 2.05) is 59.2 Å². The molecule has 2 saturated heterocycles. The van der Waals surface area contributed by atoms with Gasteiger partial charge in [-0.15, -0.1) is 0 Å². The number of hydrogen-bond acceptors (Lipinski definition) is 7. The molecule has 2 aliphatic heterocycles. The lowest BCUT2D eigenvalue weighted by molar-refractivity contribution is 0.170. The van der Waals surface area contributed by atoms with Crippen molar-refractivity contribution < 1.29 is 4.74 Å². The van der Waals surface area contributed by atoms with Gasteiger partial charge in [-0.3, -0.25) is 9.13 Å². The highest BCUT2D eigenvalue weighted by molar-refractivity contribution is 5.84. The van der Waals surface area contributed by atoms with E-state index in [2.05, 4.69) is 20.2 Å². The number of nitrogens with one attached hydrogen (secondary N) is 1. The first kappa shape index (κ1) is 24.6. The fourth-order valence-corrected chi connectivity index (χ4v) is 5.86. The van der Waals surface area contributed by atoms with Gasteiger partial charge in [0.15, 0.2) is 11.5 Å². The Kier molecular flexibility index (Phi) is 7.11. The number of nitrogens with zero attached hydrogens (tertiary/aromatic N) is 5. The Morgan fingerprint density at radius 1 is 0.921 bits per heavy atom. The van der Waals surface area contributed by atoms with E-state index in [1.165, 1.54) is 25.6 Å². The molecule has 198 valence electrons. The normalized spacial score (nSPS) is 17.7. The van der Waals surface area contributed by atoms with Gasteiger partial charge in [-0.05, 0) is 94.1 Å².